The lowest BCUT2D eigenvalue weighted by atomic mass is 9.76. The van der Waals surface area contributed by atoms with Crippen LogP contribution in [0.3, 0.4) is 0 Å². The number of hydrazine groups is 1. The summed E-state index contributed by atoms with van der Waals surface area (Å²) in [6.07, 6.45) is 4.24. The minimum absolute atomic E-state index is 0.00908. The molecule has 0 spiro atoms. The van der Waals surface area contributed by atoms with Gasteiger partial charge < -0.3 is 15.4 Å². The lowest BCUT2D eigenvalue weighted by Crippen LogP contribution is -2.37. The summed E-state index contributed by atoms with van der Waals surface area (Å²) >= 11 is 0. The first-order valence-corrected chi connectivity index (χ1v) is 14.1. The highest BCUT2D eigenvalue weighted by Crippen LogP contribution is 2.38. The maximum Gasteiger partial charge on any atom is 0.319 e. The van der Waals surface area contributed by atoms with Gasteiger partial charge in [0, 0.05) is 24.8 Å². The van der Waals surface area contributed by atoms with Gasteiger partial charge in [0.05, 0.1) is 12.3 Å². The maximum atomic E-state index is 12.5. The predicted octanol–water partition coefficient (Wildman–Crippen LogP) is 6.32. The van der Waals surface area contributed by atoms with Crippen molar-refractivity contribution in [2.45, 2.75) is 78.6 Å². The van der Waals surface area contributed by atoms with Crippen molar-refractivity contribution in [3.63, 3.8) is 0 Å². The SMILES string of the molecule is C/C=C1/C(=O)N(C)N(c2ccc(NC(=O)NCCCOc3ccc(C(C)(C)CC)cc3C(C)(C)CC)cc2)C1=O. The molecule has 3 rings (SSSR count). The molecule has 0 bridgehead atoms. The second-order valence-electron chi connectivity index (χ2n) is 11.5. The Balaban J connectivity index is 1.52. The van der Waals surface area contributed by atoms with E-state index < -0.39 is 0 Å². The molecule has 0 atom stereocenters. The smallest absolute Gasteiger partial charge is 0.319 e. The number of nitrogens with zero attached hydrogens (tertiary/aromatic N) is 2. The summed E-state index contributed by atoms with van der Waals surface area (Å²) in [4.78, 5) is 37.2. The van der Waals surface area contributed by atoms with Crippen LogP contribution in [0.2, 0.25) is 0 Å². The molecule has 216 valence electrons. The monoisotopic (exact) mass is 548 g/mol. The quantitative estimate of drug-likeness (QED) is 0.195. The number of benzene rings is 2. The van der Waals surface area contributed by atoms with E-state index in [9.17, 15) is 14.4 Å². The van der Waals surface area contributed by atoms with Crippen molar-refractivity contribution in [3.05, 3.63) is 65.2 Å². The Morgan fingerprint density at radius 3 is 2.17 bits per heavy atom. The van der Waals surface area contributed by atoms with E-state index in [-0.39, 0.29) is 34.2 Å². The second-order valence-corrected chi connectivity index (χ2v) is 11.5. The zero-order valence-corrected chi connectivity index (χ0v) is 25.2. The number of allylic oxidation sites excluding steroid dienone is 1. The summed E-state index contributed by atoms with van der Waals surface area (Å²) in [6, 6.07) is 13.0. The summed E-state index contributed by atoms with van der Waals surface area (Å²) in [5, 5.41) is 8.25. The summed E-state index contributed by atoms with van der Waals surface area (Å²) in [5.41, 5.74) is 3.88. The van der Waals surface area contributed by atoms with Gasteiger partial charge in [0.2, 0.25) is 0 Å². The average Bonchev–Trinajstić information content (AvgIpc) is 3.15. The fourth-order valence-electron chi connectivity index (χ4n) is 4.46. The Morgan fingerprint density at radius 2 is 1.60 bits per heavy atom. The third kappa shape index (κ3) is 6.66. The van der Waals surface area contributed by atoms with Crippen LogP contribution in [0.25, 0.3) is 0 Å². The third-order valence-corrected chi connectivity index (χ3v) is 8.03. The lowest BCUT2D eigenvalue weighted by Gasteiger charge is -2.30. The van der Waals surface area contributed by atoms with Gasteiger partial charge in [-0.15, -0.1) is 0 Å². The van der Waals surface area contributed by atoms with Gasteiger partial charge in [0.25, 0.3) is 11.8 Å². The van der Waals surface area contributed by atoms with E-state index in [1.807, 2.05) is 0 Å². The van der Waals surface area contributed by atoms with Crippen LogP contribution in [-0.4, -0.2) is 43.1 Å². The summed E-state index contributed by atoms with van der Waals surface area (Å²) in [6.45, 7) is 16.1. The molecule has 1 saturated heterocycles. The molecule has 8 nitrogen and oxygen atoms in total. The fourth-order valence-corrected chi connectivity index (χ4v) is 4.46. The largest absolute Gasteiger partial charge is 0.493 e. The van der Waals surface area contributed by atoms with Crippen molar-refractivity contribution in [1.29, 1.82) is 0 Å². The maximum absolute atomic E-state index is 12.5. The van der Waals surface area contributed by atoms with Gasteiger partial charge in [-0.3, -0.25) is 9.59 Å². The Morgan fingerprint density at radius 1 is 0.950 bits per heavy atom. The number of hydrogen-bond acceptors (Lipinski definition) is 4. The Bertz CT molecular complexity index is 1260. The molecule has 40 heavy (non-hydrogen) atoms. The Hall–Kier alpha value is -3.81. The summed E-state index contributed by atoms with van der Waals surface area (Å²) < 4.78 is 6.19. The molecule has 1 aliphatic heterocycles. The molecule has 8 heteroatoms. The highest BCUT2D eigenvalue weighted by Gasteiger charge is 2.39. The van der Waals surface area contributed by atoms with Crippen molar-refractivity contribution in [2.75, 3.05) is 30.5 Å². The molecule has 0 unspecified atom stereocenters. The van der Waals surface area contributed by atoms with Crippen LogP contribution in [0.15, 0.2) is 54.1 Å². The minimum Gasteiger partial charge on any atom is -0.493 e. The van der Waals surface area contributed by atoms with Crippen molar-refractivity contribution >= 4 is 29.2 Å². The zero-order valence-electron chi connectivity index (χ0n) is 25.2. The Labute approximate surface area is 238 Å². The van der Waals surface area contributed by atoms with Crippen molar-refractivity contribution < 1.29 is 19.1 Å². The molecule has 0 aliphatic carbocycles. The van der Waals surface area contributed by atoms with E-state index in [0.29, 0.717) is 30.9 Å². The highest BCUT2D eigenvalue weighted by molar-refractivity contribution is 6.29. The van der Waals surface area contributed by atoms with Crippen LogP contribution in [-0.2, 0) is 20.4 Å². The summed E-state index contributed by atoms with van der Waals surface area (Å²) in [5.74, 6) is 0.181. The molecule has 1 fully saturated rings. The standard InChI is InChI=1S/C32H44N4O4/c1-9-25-28(37)35(8)36(29(25)38)24-16-14-23(15-17-24)34-30(39)33-19-12-20-40-27-18-13-22(31(4,5)10-2)21-26(27)32(6,7)11-3/h9,13-18,21H,10-12,19-20H2,1-8H3,(H2,33,34,39)/b25-9-. The van der Waals surface area contributed by atoms with E-state index in [0.717, 1.165) is 18.6 Å². The predicted molar refractivity (Wildman–Crippen MR) is 161 cm³/mol. The van der Waals surface area contributed by atoms with E-state index in [1.165, 1.54) is 27.2 Å². The first kappa shape index (κ1) is 30.7. The molecule has 1 heterocycles. The molecule has 4 amide bonds. The van der Waals surface area contributed by atoms with E-state index in [4.69, 9.17) is 4.74 Å². The summed E-state index contributed by atoms with van der Waals surface area (Å²) in [7, 11) is 1.55. The molecular formula is C32H44N4O4. The fraction of sp³-hybridized carbons (Fsp3) is 0.469. The number of nitrogens with one attached hydrogen (secondary N) is 2. The van der Waals surface area contributed by atoms with Crippen molar-refractivity contribution in [3.8, 4) is 5.75 Å². The number of urea groups is 1. The number of carbonyl (C=O) groups excluding carboxylic acids is 3. The van der Waals surface area contributed by atoms with Gasteiger partial charge in [-0.25, -0.2) is 14.8 Å². The number of amides is 4. The molecule has 0 radical (unpaired) electrons. The number of rotatable bonds is 11. The van der Waals surface area contributed by atoms with Gasteiger partial charge in [-0.2, -0.15) is 0 Å². The first-order valence-electron chi connectivity index (χ1n) is 14.1. The van der Waals surface area contributed by atoms with Gasteiger partial charge >= 0.3 is 6.03 Å². The number of carbonyl (C=O) groups is 3. The second kappa shape index (κ2) is 12.6. The lowest BCUT2D eigenvalue weighted by molar-refractivity contribution is -0.124. The van der Waals surface area contributed by atoms with Gasteiger partial charge in [0.1, 0.15) is 11.3 Å². The number of hydrogen-bond donors (Lipinski definition) is 2. The Kier molecular flexibility index (Phi) is 9.66. The number of anilines is 2. The van der Waals surface area contributed by atoms with Gasteiger partial charge in [-0.1, -0.05) is 59.8 Å². The van der Waals surface area contributed by atoms with Crippen LogP contribution >= 0.6 is 0 Å². The first-order chi connectivity index (χ1) is 18.9. The van der Waals surface area contributed by atoms with Gasteiger partial charge in [-0.05, 0) is 72.9 Å². The molecular weight excluding hydrogens is 504 g/mol. The highest BCUT2D eigenvalue weighted by atomic mass is 16.5. The molecule has 0 saturated carbocycles. The van der Waals surface area contributed by atoms with Crippen LogP contribution in [0.4, 0.5) is 16.2 Å². The average molecular weight is 549 g/mol. The van der Waals surface area contributed by atoms with Crippen LogP contribution in [0.1, 0.15) is 78.9 Å². The molecule has 2 aromatic carbocycles. The molecule has 1 aliphatic rings. The van der Waals surface area contributed by atoms with Crippen LogP contribution in [0.5, 0.6) is 5.75 Å². The van der Waals surface area contributed by atoms with Gasteiger partial charge in [0.15, 0.2) is 0 Å². The molecule has 2 aromatic rings. The molecule has 0 aromatic heterocycles. The van der Waals surface area contributed by atoms with E-state index in [2.05, 4.69) is 70.4 Å². The zero-order chi connectivity index (χ0) is 29.7. The number of likely N-dealkylation sites (N-methyl/N-ethyl adjacent to an activating group) is 1. The minimum atomic E-state index is -0.373. The molecule has 2 N–H and O–H groups in total. The third-order valence-electron chi connectivity index (χ3n) is 8.03. The van der Waals surface area contributed by atoms with E-state index in [1.54, 1.807) is 38.2 Å². The van der Waals surface area contributed by atoms with Crippen LogP contribution in [0, 0.1) is 0 Å². The number of ether oxygens (including phenoxy) is 1. The normalized spacial score (nSPS) is 15.2. The van der Waals surface area contributed by atoms with E-state index >= 15 is 0 Å². The van der Waals surface area contributed by atoms with Crippen molar-refractivity contribution in [2.24, 2.45) is 0 Å². The topological polar surface area (TPSA) is 91.0 Å². The van der Waals surface area contributed by atoms with Crippen LogP contribution < -0.4 is 20.4 Å². The van der Waals surface area contributed by atoms with Crippen molar-refractivity contribution in [1.82, 2.24) is 10.3 Å².